The molecule has 1 saturated carbocycles. The van der Waals surface area contributed by atoms with E-state index in [2.05, 4.69) is 0 Å². The second-order valence-electron chi connectivity index (χ2n) is 7.13. The van der Waals surface area contributed by atoms with Crippen molar-refractivity contribution in [3.05, 3.63) is 64.7 Å². The van der Waals surface area contributed by atoms with Crippen molar-refractivity contribution in [2.75, 3.05) is 0 Å². The molecule has 1 aliphatic heterocycles. The lowest BCUT2D eigenvalue weighted by atomic mass is 9.73. The molecule has 5 nitrogen and oxygen atoms in total. The number of ketones is 1. The molecule has 1 heterocycles. The highest BCUT2D eigenvalue weighted by Crippen LogP contribution is 2.44. The fourth-order valence-corrected chi connectivity index (χ4v) is 4.21. The lowest BCUT2D eigenvalue weighted by Gasteiger charge is -2.42. The molecule has 2 aromatic rings. The van der Waals surface area contributed by atoms with Crippen molar-refractivity contribution in [1.29, 1.82) is 0 Å². The highest BCUT2D eigenvalue weighted by Gasteiger charge is 2.52. The van der Waals surface area contributed by atoms with Gasteiger partial charge in [-0.2, -0.15) is 0 Å². The Kier molecular flexibility index (Phi) is 4.66. The van der Waals surface area contributed by atoms with Crippen molar-refractivity contribution >= 4 is 23.3 Å². The Balaban J connectivity index is 1.71. The molecule has 0 aromatic heterocycles. The minimum atomic E-state index is -1.01. The first kappa shape index (κ1) is 18.0. The largest absolute Gasteiger partial charge is 0.508 e. The first-order valence-corrected chi connectivity index (χ1v) is 9.46. The van der Waals surface area contributed by atoms with Crippen LogP contribution < -0.4 is 5.73 Å². The first-order chi connectivity index (χ1) is 13.0. The van der Waals surface area contributed by atoms with Gasteiger partial charge in [0.15, 0.2) is 11.6 Å². The molecule has 0 unspecified atom stereocenters. The average molecular weight is 385 g/mol. The van der Waals surface area contributed by atoms with E-state index in [1.807, 2.05) is 30.3 Å². The maximum Gasteiger partial charge on any atom is 0.205 e. The number of aromatic hydroxyl groups is 1. The summed E-state index contributed by atoms with van der Waals surface area (Å²) in [6.07, 6.45) is 2.07. The minimum absolute atomic E-state index is 0.0394. The molecule has 1 aliphatic carbocycles. The van der Waals surface area contributed by atoms with Crippen molar-refractivity contribution in [3.63, 3.8) is 0 Å². The predicted octanol–water partition coefficient (Wildman–Crippen LogP) is 3.36. The summed E-state index contributed by atoms with van der Waals surface area (Å²) in [7, 11) is 0. The van der Waals surface area contributed by atoms with E-state index < -0.39 is 17.7 Å². The van der Waals surface area contributed by atoms with Gasteiger partial charge >= 0.3 is 0 Å². The van der Waals surface area contributed by atoms with Crippen LogP contribution in [0.5, 0.6) is 5.75 Å². The van der Waals surface area contributed by atoms with Crippen LogP contribution in [0.2, 0.25) is 5.02 Å². The van der Waals surface area contributed by atoms with E-state index in [0.717, 1.165) is 17.5 Å². The van der Waals surface area contributed by atoms with Crippen LogP contribution in [0.4, 0.5) is 0 Å². The first-order valence-electron chi connectivity index (χ1n) is 9.09. The van der Waals surface area contributed by atoms with Gasteiger partial charge in [-0.25, -0.2) is 4.99 Å². The third kappa shape index (κ3) is 3.22. The zero-order valence-electron chi connectivity index (χ0n) is 14.8. The summed E-state index contributed by atoms with van der Waals surface area (Å²) < 4.78 is 5.90. The fourth-order valence-electron chi connectivity index (χ4n) is 3.92. The number of phenolic OH excluding ortho intramolecular Hbond substituents is 1. The number of Topliss-reactive ketones (excluding diaryl/α,β-unsaturated/α-hetero) is 1. The number of carbonyl (C=O) groups excluding carboxylic acids is 1. The van der Waals surface area contributed by atoms with Crippen LogP contribution in [0.25, 0.3) is 0 Å². The van der Waals surface area contributed by atoms with E-state index in [0.29, 0.717) is 30.2 Å². The Hall–Kier alpha value is -2.37. The molecule has 4 rings (SSSR count). The SMILES string of the molecule is N[C@@H](Cc1ccc(O)cc1)C1=N[C@]2(c3ccccc3Cl)CCC[C@H](O1)C2=O. The molecule has 3 atom stereocenters. The van der Waals surface area contributed by atoms with E-state index in [9.17, 15) is 9.90 Å². The normalized spacial score (nSPS) is 25.5. The van der Waals surface area contributed by atoms with Gasteiger partial charge in [0, 0.05) is 10.6 Å². The zero-order valence-corrected chi connectivity index (χ0v) is 15.5. The van der Waals surface area contributed by atoms with Gasteiger partial charge in [0.25, 0.3) is 0 Å². The van der Waals surface area contributed by atoms with Gasteiger partial charge < -0.3 is 15.6 Å². The Bertz CT molecular complexity index is 897. The third-order valence-electron chi connectivity index (χ3n) is 5.30. The number of hydrogen-bond donors (Lipinski definition) is 2. The van der Waals surface area contributed by atoms with Crippen LogP contribution in [0, 0.1) is 0 Å². The van der Waals surface area contributed by atoms with E-state index in [-0.39, 0.29) is 11.5 Å². The lowest BCUT2D eigenvalue weighted by Crippen LogP contribution is -2.54. The molecule has 140 valence electrons. The van der Waals surface area contributed by atoms with Crippen LogP contribution in [-0.2, 0) is 21.5 Å². The maximum absolute atomic E-state index is 13.1. The summed E-state index contributed by atoms with van der Waals surface area (Å²) >= 11 is 6.42. The van der Waals surface area contributed by atoms with Gasteiger partial charge in [-0.15, -0.1) is 0 Å². The number of carbonyl (C=O) groups is 1. The molecule has 2 bridgehead atoms. The van der Waals surface area contributed by atoms with Crippen molar-refractivity contribution < 1.29 is 14.6 Å². The minimum Gasteiger partial charge on any atom is -0.508 e. The Labute approximate surface area is 162 Å². The fraction of sp³-hybridized carbons (Fsp3) is 0.333. The van der Waals surface area contributed by atoms with Gasteiger partial charge in [0.05, 0.1) is 6.04 Å². The standard InChI is InChI=1S/C21H21ClN2O3/c22-16-5-2-1-4-15(16)21-11-3-6-18(19(21)26)27-20(24-21)17(23)12-13-7-9-14(25)10-8-13/h1-2,4-5,7-10,17-18,25H,3,6,11-12,23H2/t17-,18-,21-/m0/s1. The van der Waals surface area contributed by atoms with E-state index in [1.165, 1.54) is 0 Å². The Morgan fingerprint density at radius 3 is 2.74 bits per heavy atom. The molecule has 2 aromatic carbocycles. The molecular weight excluding hydrogens is 364 g/mol. The number of aliphatic imine (C=N–C) groups is 1. The van der Waals surface area contributed by atoms with Crippen molar-refractivity contribution in [1.82, 2.24) is 0 Å². The highest BCUT2D eigenvalue weighted by atomic mass is 35.5. The van der Waals surface area contributed by atoms with E-state index in [4.69, 9.17) is 27.1 Å². The molecule has 2 aliphatic rings. The Morgan fingerprint density at radius 2 is 2.00 bits per heavy atom. The number of hydrogen-bond acceptors (Lipinski definition) is 5. The van der Waals surface area contributed by atoms with Crippen molar-refractivity contribution in [2.24, 2.45) is 10.7 Å². The summed E-state index contributed by atoms with van der Waals surface area (Å²) in [5, 5.41) is 9.97. The van der Waals surface area contributed by atoms with Crippen LogP contribution in [0.1, 0.15) is 30.4 Å². The summed E-state index contributed by atoms with van der Waals surface area (Å²) in [6, 6.07) is 13.7. The lowest BCUT2D eigenvalue weighted by molar-refractivity contribution is -0.137. The van der Waals surface area contributed by atoms with Crippen LogP contribution in [0.3, 0.4) is 0 Å². The molecule has 0 spiro atoms. The molecular formula is C21H21ClN2O3. The second-order valence-corrected chi connectivity index (χ2v) is 7.54. The van der Waals surface area contributed by atoms with E-state index in [1.54, 1.807) is 18.2 Å². The summed E-state index contributed by atoms with van der Waals surface area (Å²) in [5.74, 6) is 0.561. The topological polar surface area (TPSA) is 84.9 Å². The molecule has 6 heteroatoms. The number of phenols is 1. The number of ether oxygens (including phenoxy) is 1. The summed E-state index contributed by atoms with van der Waals surface area (Å²) in [6.45, 7) is 0. The molecule has 0 saturated heterocycles. The van der Waals surface area contributed by atoms with Crippen molar-refractivity contribution in [2.45, 2.75) is 43.4 Å². The van der Waals surface area contributed by atoms with Gasteiger partial charge in [-0.05, 0) is 49.4 Å². The number of fused-ring (bicyclic) bond motifs is 2. The van der Waals surface area contributed by atoms with Crippen LogP contribution in [-0.4, -0.2) is 28.9 Å². The smallest absolute Gasteiger partial charge is 0.205 e. The zero-order chi connectivity index (χ0) is 19.0. The number of nitrogens with two attached hydrogens (primary N) is 1. The summed E-state index contributed by atoms with van der Waals surface area (Å²) in [4.78, 5) is 17.8. The van der Waals surface area contributed by atoms with Gasteiger partial charge in [0.1, 0.15) is 5.75 Å². The van der Waals surface area contributed by atoms with Crippen molar-refractivity contribution in [3.8, 4) is 5.75 Å². The number of halogens is 1. The predicted molar refractivity (Wildman–Crippen MR) is 104 cm³/mol. The monoisotopic (exact) mass is 384 g/mol. The van der Waals surface area contributed by atoms with Gasteiger partial charge in [-0.3, -0.25) is 4.79 Å². The van der Waals surface area contributed by atoms with Crippen LogP contribution in [0.15, 0.2) is 53.5 Å². The average Bonchev–Trinajstić information content (AvgIpc) is 2.64. The van der Waals surface area contributed by atoms with Gasteiger partial charge in [0.2, 0.25) is 11.7 Å². The second kappa shape index (κ2) is 6.98. The maximum atomic E-state index is 13.1. The van der Waals surface area contributed by atoms with Crippen LogP contribution >= 0.6 is 11.6 Å². The molecule has 0 radical (unpaired) electrons. The number of benzene rings is 2. The van der Waals surface area contributed by atoms with E-state index >= 15 is 0 Å². The molecule has 1 fully saturated rings. The highest BCUT2D eigenvalue weighted by molar-refractivity contribution is 6.32. The third-order valence-corrected chi connectivity index (χ3v) is 5.63. The molecule has 0 amide bonds. The molecule has 27 heavy (non-hydrogen) atoms. The summed E-state index contributed by atoms with van der Waals surface area (Å²) in [5.41, 5.74) is 7.05. The van der Waals surface area contributed by atoms with Gasteiger partial charge in [-0.1, -0.05) is 41.9 Å². The molecule has 3 N–H and O–H groups in total. The number of nitrogens with zero attached hydrogens (tertiary/aromatic N) is 1. The number of rotatable bonds is 4. The quantitative estimate of drug-likeness (QED) is 0.846. The Morgan fingerprint density at radius 1 is 1.26 bits per heavy atom.